The summed E-state index contributed by atoms with van der Waals surface area (Å²) in [5.74, 6) is 0. The Morgan fingerprint density at radius 2 is 1.60 bits per heavy atom. The average Bonchev–Trinajstić information content (AvgIpc) is 2.08. The number of hydrogen-bond donors (Lipinski definition) is 0. The lowest BCUT2D eigenvalue weighted by Gasteiger charge is -2.10. The van der Waals surface area contributed by atoms with Crippen LogP contribution in [0.15, 0.2) is 0 Å². The summed E-state index contributed by atoms with van der Waals surface area (Å²) in [5.41, 5.74) is 0. The van der Waals surface area contributed by atoms with Crippen LogP contribution in [-0.2, 0) is 14.3 Å². The zero-order valence-corrected chi connectivity index (χ0v) is 11.0. The molecule has 3 nitrogen and oxygen atoms in total. The fraction of sp³-hybridized carbons (Fsp3) is 1.00. The summed E-state index contributed by atoms with van der Waals surface area (Å²) in [6.45, 7) is 4.01. The summed E-state index contributed by atoms with van der Waals surface area (Å²) in [6, 6.07) is 0. The molecule has 0 saturated heterocycles. The lowest BCUT2D eigenvalue weighted by atomic mass is 10.1. The van der Waals surface area contributed by atoms with Gasteiger partial charge in [0.15, 0.2) is 0 Å². The van der Waals surface area contributed by atoms with E-state index in [1.54, 1.807) is 0 Å². The van der Waals surface area contributed by atoms with Crippen LogP contribution in [0.25, 0.3) is 0 Å². The van der Waals surface area contributed by atoms with Gasteiger partial charge in [-0.25, -0.2) is 0 Å². The van der Waals surface area contributed by atoms with Crippen LogP contribution in [0.4, 0.5) is 0 Å². The second-order valence-electron chi connectivity index (χ2n) is 4.17. The Balaban J connectivity index is 3.36. The van der Waals surface area contributed by atoms with Crippen LogP contribution < -0.4 is 0 Å². The largest absolute Gasteiger partial charge is 0.267 e. The highest BCUT2D eigenvalue weighted by Crippen LogP contribution is 2.11. The Kier molecular flexibility index (Phi) is 8.06. The molecule has 92 valence electrons. The molecule has 0 radical (unpaired) electrons. The highest BCUT2D eigenvalue weighted by molar-refractivity contribution is 7.86. The van der Waals surface area contributed by atoms with Crippen molar-refractivity contribution in [2.24, 2.45) is 0 Å². The molecule has 0 heterocycles. The molecule has 0 fully saturated rings. The van der Waals surface area contributed by atoms with Crippen LogP contribution in [0.3, 0.4) is 0 Å². The topological polar surface area (TPSA) is 43.4 Å². The summed E-state index contributed by atoms with van der Waals surface area (Å²) in [7, 11) is -3.27. The third kappa shape index (κ3) is 11.8. The zero-order valence-electron chi connectivity index (χ0n) is 10.2. The fourth-order valence-electron chi connectivity index (χ4n) is 1.56. The molecule has 1 atom stereocenters. The molecular weight excluding hydrogens is 212 g/mol. The van der Waals surface area contributed by atoms with E-state index in [1.165, 1.54) is 32.1 Å². The Morgan fingerprint density at radius 3 is 2.13 bits per heavy atom. The average molecular weight is 236 g/mol. The predicted octanol–water partition coefficient (Wildman–Crippen LogP) is 3.10. The van der Waals surface area contributed by atoms with Crippen LogP contribution in [0.1, 0.15) is 58.8 Å². The van der Waals surface area contributed by atoms with Crippen molar-refractivity contribution in [1.82, 2.24) is 0 Å². The maximum absolute atomic E-state index is 10.8. The summed E-state index contributed by atoms with van der Waals surface area (Å²) in [4.78, 5) is 0. The van der Waals surface area contributed by atoms with E-state index in [0.29, 0.717) is 0 Å². The molecule has 0 saturated carbocycles. The van der Waals surface area contributed by atoms with Crippen molar-refractivity contribution in [2.45, 2.75) is 64.9 Å². The monoisotopic (exact) mass is 236 g/mol. The number of rotatable bonds is 9. The Morgan fingerprint density at radius 1 is 1.07 bits per heavy atom. The van der Waals surface area contributed by atoms with E-state index in [2.05, 4.69) is 6.92 Å². The normalized spacial score (nSPS) is 14.1. The van der Waals surface area contributed by atoms with Gasteiger partial charge in [-0.1, -0.05) is 45.4 Å². The molecule has 4 heteroatoms. The highest BCUT2D eigenvalue weighted by Gasteiger charge is 2.09. The van der Waals surface area contributed by atoms with Crippen molar-refractivity contribution in [2.75, 3.05) is 6.26 Å². The van der Waals surface area contributed by atoms with Crippen molar-refractivity contribution in [1.29, 1.82) is 0 Å². The molecule has 0 aromatic carbocycles. The third-order valence-corrected chi connectivity index (χ3v) is 2.98. The van der Waals surface area contributed by atoms with Gasteiger partial charge < -0.3 is 0 Å². The molecule has 0 aromatic rings. The van der Waals surface area contributed by atoms with Crippen LogP contribution in [-0.4, -0.2) is 20.8 Å². The number of unbranched alkanes of at least 4 members (excludes halogenated alkanes) is 5. The lowest BCUT2D eigenvalue weighted by Crippen LogP contribution is -2.13. The van der Waals surface area contributed by atoms with Crippen LogP contribution in [0.5, 0.6) is 0 Å². The van der Waals surface area contributed by atoms with Crippen molar-refractivity contribution in [3.63, 3.8) is 0 Å². The first-order chi connectivity index (χ1) is 6.95. The lowest BCUT2D eigenvalue weighted by molar-refractivity contribution is 0.216. The van der Waals surface area contributed by atoms with Gasteiger partial charge in [-0.2, -0.15) is 8.42 Å². The first-order valence-electron chi connectivity index (χ1n) is 5.84. The second-order valence-corrected chi connectivity index (χ2v) is 5.77. The fourth-order valence-corrected chi connectivity index (χ4v) is 2.25. The zero-order chi connectivity index (χ0) is 11.7. The smallest absolute Gasteiger partial charge is 0.264 e. The Labute approximate surface area is 94.3 Å². The maximum Gasteiger partial charge on any atom is 0.264 e. The number of hydrogen-bond acceptors (Lipinski definition) is 3. The van der Waals surface area contributed by atoms with Gasteiger partial charge in [-0.15, -0.1) is 0 Å². The molecule has 0 N–H and O–H groups in total. The summed E-state index contributed by atoms with van der Waals surface area (Å²) in [5, 5.41) is 0. The molecule has 0 unspecified atom stereocenters. The van der Waals surface area contributed by atoms with Crippen molar-refractivity contribution >= 4 is 10.1 Å². The first kappa shape index (κ1) is 14.9. The van der Waals surface area contributed by atoms with E-state index < -0.39 is 10.1 Å². The van der Waals surface area contributed by atoms with Gasteiger partial charge in [0.25, 0.3) is 10.1 Å². The van der Waals surface area contributed by atoms with Gasteiger partial charge in [0.05, 0.1) is 12.4 Å². The maximum atomic E-state index is 10.8. The van der Waals surface area contributed by atoms with E-state index in [1.807, 2.05) is 6.92 Å². The minimum Gasteiger partial charge on any atom is -0.267 e. The molecule has 0 bridgehead atoms. The first-order valence-corrected chi connectivity index (χ1v) is 7.65. The predicted molar refractivity (Wildman–Crippen MR) is 63.4 cm³/mol. The summed E-state index contributed by atoms with van der Waals surface area (Å²) >= 11 is 0. The second kappa shape index (κ2) is 8.11. The Bertz CT molecular complexity index is 234. The minimum absolute atomic E-state index is 0.175. The van der Waals surface area contributed by atoms with Crippen molar-refractivity contribution in [3.05, 3.63) is 0 Å². The molecule has 15 heavy (non-hydrogen) atoms. The molecule has 0 aliphatic rings. The van der Waals surface area contributed by atoms with Crippen LogP contribution in [0.2, 0.25) is 0 Å². The van der Waals surface area contributed by atoms with Crippen LogP contribution in [0, 0.1) is 0 Å². The van der Waals surface area contributed by atoms with Gasteiger partial charge >= 0.3 is 0 Å². The van der Waals surface area contributed by atoms with Gasteiger partial charge in [0.1, 0.15) is 0 Å². The van der Waals surface area contributed by atoms with E-state index in [-0.39, 0.29) is 6.10 Å². The molecule has 0 spiro atoms. The molecule has 0 amide bonds. The van der Waals surface area contributed by atoms with Gasteiger partial charge in [-0.05, 0) is 13.3 Å². The van der Waals surface area contributed by atoms with E-state index >= 15 is 0 Å². The van der Waals surface area contributed by atoms with E-state index in [0.717, 1.165) is 19.1 Å². The SMILES string of the molecule is CCCCCCCC[C@H](C)OS(C)(=O)=O. The van der Waals surface area contributed by atoms with Crippen LogP contribution >= 0.6 is 0 Å². The summed E-state index contributed by atoms with van der Waals surface area (Å²) < 4.78 is 26.4. The quantitative estimate of drug-likeness (QED) is 0.456. The summed E-state index contributed by atoms with van der Waals surface area (Å²) in [6.07, 6.45) is 9.09. The third-order valence-electron chi connectivity index (χ3n) is 2.30. The van der Waals surface area contributed by atoms with E-state index in [4.69, 9.17) is 4.18 Å². The van der Waals surface area contributed by atoms with Gasteiger partial charge in [-0.3, -0.25) is 4.18 Å². The molecule has 0 rings (SSSR count). The highest BCUT2D eigenvalue weighted by atomic mass is 32.2. The van der Waals surface area contributed by atoms with Gasteiger partial charge in [0, 0.05) is 0 Å². The molecule has 0 aliphatic heterocycles. The van der Waals surface area contributed by atoms with Crippen molar-refractivity contribution in [3.8, 4) is 0 Å². The molecule has 0 aromatic heterocycles. The Hall–Kier alpha value is -0.0900. The standard InChI is InChI=1S/C11H24O3S/c1-4-5-6-7-8-9-10-11(2)14-15(3,12)13/h11H,4-10H2,1-3H3/t11-/m0/s1. The molecule has 0 aliphatic carbocycles. The van der Waals surface area contributed by atoms with E-state index in [9.17, 15) is 8.42 Å². The molecular formula is C11H24O3S. The van der Waals surface area contributed by atoms with Gasteiger partial charge in [0.2, 0.25) is 0 Å². The van der Waals surface area contributed by atoms with Crippen molar-refractivity contribution < 1.29 is 12.6 Å². The minimum atomic E-state index is -3.27.